The summed E-state index contributed by atoms with van der Waals surface area (Å²) in [5.74, 6) is 0.534. The molecule has 0 radical (unpaired) electrons. The van der Waals surface area contributed by atoms with Crippen LogP contribution in [0, 0.1) is 0 Å². The van der Waals surface area contributed by atoms with Gasteiger partial charge in [-0.05, 0) is 64.0 Å². The first-order chi connectivity index (χ1) is 12.6. The Balaban J connectivity index is 3.19. The van der Waals surface area contributed by atoms with Crippen LogP contribution in [0.3, 0.4) is 0 Å². The Hall–Kier alpha value is -2.22. The smallest absolute Gasteiger partial charge is 0.412 e. The number of rotatable bonds is 5. The van der Waals surface area contributed by atoms with Crippen LogP contribution in [0.2, 0.25) is 18.1 Å². The van der Waals surface area contributed by atoms with Crippen LogP contribution in [0.4, 0.5) is 21.0 Å². The number of carbonyl (C=O) groups excluding carboxylic acids is 2. The van der Waals surface area contributed by atoms with Crippen molar-refractivity contribution in [2.24, 2.45) is 0 Å². The average Bonchev–Trinajstić information content (AvgIpc) is 2.46. The van der Waals surface area contributed by atoms with Gasteiger partial charge >= 0.3 is 12.2 Å². The zero-order chi connectivity index (χ0) is 21.8. The summed E-state index contributed by atoms with van der Waals surface area (Å²) in [6, 6.07) is 5.07. The van der Waals surface area contributed by atoms with E-state index in [1.54, 1.807) is 45.9 Å². The normalized spacial score (nSPS) is 12.2. The monoisotopic (exact) mass is 410 g/mol. The highest BCUT2D eigenvalue weighted by Gasteiger charge is 2.39. The van der Waals surface area contributed by atoms with Gasteiger partial charge in [-0.25, -0.2) is 9.59 Å². The van der Waals surface area contributed by atoms with Crippen molar-refractivity contribution in [3.63, 3.8) is 0 Å². The Morgan fingerprint density at radius 2 is 1.61 bits per heavy atom. The third-order valence-corrected chi connectivity index (χ3v) is 8.65. The first-order valence-corrected chi connectivity index (χ1v) is 12.3. The second-order valence-corrected chi connectivity index (χ2v) is 13.8. The molecule has 0 aliphatic rings. The Labute approximate surface area is 169 Å². The van der Waals surface area contributed by atoms with Crippen LogP contribution in [-0.4, -0.2) is 32.7 Å². The third-order valence-electron chi connectivity index (χ3n) is 4.31. The van der Waals surface area contributed by atoms with Gasteiger partial charge in [-0.15, -0.1) is 0 Å². The fraction of sp³-hybridized carbons (Fsp3) is 0.600. The zero-order valence-electron chi connectivity index (χ0n) is 18.5. The van der Waals surface area contributed by atoms with E-state index in [-0.39, 0.29) is 11.6 Å². The molecule has 8 heteroatoms. The second kappa shape index (κ2) is 8.85. The number of anilines is 2. The maximum Gasteiger partial charge on any atom is 0.412 e. The molecular formula is C20H34N2O5Si. The van der Waals surface area contributed by atoms with Crippen LogP contribution in [0.5, 0.6) is 5.75 Å². The largest absolute Gasteiger partial charge is 0.542 e. The highest BCUT2D eigenvalue weighted by Crippen LogP contribution is 2.40. The van der Waals surface area contributed by atoms with Crippen LogP contribution in [0.1, 0.15) is 48.5 Å². The number of hydrogen-bond donors (Lipinski definition) is 2. The van der Waals surface area contributed by atoms with Crippen molar-refractivity contribution in [3.8, 4) is 5.75 Å². The summed E-state index contributed by atoms with van der Waals surface area (Å²) in [6.07, 6.45) is -1.16. The molecule has 1 aromatic carbocycles. The highest BCUT2D eigenvalue weighted by atomic mass is 28.4. The maximum atomic E-state index is 12.3. The van der Waals surface area contributed by atoms with E-state index in [1.165, 1.54) is 0 Å². The van der Waals surface area contributed by atoms with Crippen molar-refractivity contribution in [2.45, 2.75) is 72.2 Å². The van der Waals surface area contributed by atoms with Crippen molar-refractivity contribution >= 4 is 31.9 Å². The van der Waals surface area contributed by atoms with E-state index in [2.05, 4.69) is 44.5 Å². The molecule has 0 aromatic heterocycles. The molecule has 0 fully saturated rings. The second-order valence-electron chi connectivity index (χ2n) is 9.05. The molecule has 0 unspecified atom stereocenters. The molecule has 0 heterocycles. The molecule has 28 heavy (non-hydrogen) atoms. The van der Waals surface area contributed by atoms with Crippen LogP contribution in [0.15, 0.2) is 18.2 Å². The van der Waals surface area contributed by atoms with Gasteiger partial charge in [0.2, 0.25) is 0 Å². The summed E-state index contributed by atoms with van der Waals surface area (Å²) in [7, 11) is -2.14. The molecule has 158 valence electrons. The molecule has 0 aliphatic carbocycles. The van der Waals surface area contributed by atoms with Crippen LogP contribution in [0.25, 0.3) is 0 Å². The molecule has 7 nitrogen and oxygen atoms in total. The van der Waals surface area contributed by atoms with E-state index in [1.807, 2.05) is 0 Å². The van der Waals surface area contributed by atoms with E-state index in [9.17, 15) is 9.59 Å². The minimum absolute atomic E-state index is 0.0158. The summed E-state index contributed by atoms with van der Waals surface area (Å²) < 4.78 is 16.6. The molecule has 2 amide bonds. The fourth-order valence-electron chi connectivity index (χ4n) is 1.92. The Bertz CT molecular complexity index is 706. The molecule has 0 aliphatic heterocycles. The number of hydrogen-bond acceptors (Lipinski definition) is 5. The quantitative estimate of drug-likeness (QED) is 0.583. The molecular weight excluding hydrogens is 376 g/mol. The van der Waals surface area contributed by atoms with Crippen LogP contribution < -0.4 is 15.1 Å². The SMILES string of the molecule is CCOC(=O)Nc1ccc(O[Si](C)(C)C(C)(C)C)c(NC(=O)OC(C)(C)C)c1. The fourth-order valence-corrected chi connectivity index (χ4v) is 2.95. The molecule has 1 rings (SSSR count). The first kappa shape index (κ1) is 23.8. The van der Waals surface area contributed by atoms with Gasteiger partial charge in [0.05, 0.1) is 12.3 Å². The van der Waals surface area contributed by atoms with Gasteiger partial charge < -0.3 is 13.9 Å². The van der Waals surface area contributed by atoms with E-state index in [0.29, 0.717) is 17.1 Å². The van der Waals surface area contributed by atoms with E-state index in [4.69, 9.17) is 13.9 Å². The molecule has 2 N–H and O–H groups in total. The number of ether oxygens (including phenoxy) is 2. The Kier molecular flexibility index (Phi) is 7.53. The molecule has 0 atom stereocenters. The van der Waals surface area contributed by atoms with Crippen molar-refractivity contribution in [3.05, 3.63) is 18.2 Å². The summed E-state index contributed by atoms with van der Waals surface area (Å²) in [5.41, 5.74) is 0.270. The van der Waals surface area contributed by atoms with Crippen LogP contribution in [-0.2, 0) is 9.47 Å². The maximum absolute atomic E-state index is 12.3. The van der Waals surface area contributed by atoms with Gasteiger partial charge in [-0.3, -0.25) is 10.6 Å². The number of amides is 2. The van der Waals surface area contributed by atoms with Gasteiger partial charge in [0.15, 0.2) is 0 Å². The number of nitrogens with one attached hydrogen (secondary N) is 2. The Morgan fingerprint density at radius 1 is 1.00 bits per heavy atom. The van der Waals surface area contributed by atoms with E-state index >= 15 is 0 Å². The van der Waals surface area contributed by atoms with E-state index in [0.717, 1.165) is 0 Å². The lowest BCUT2D eigenvalue weighted by atomic mass is 10.2. The molecule has 0 saturated heterocycles. The van der Waals surface area contributed by atoms with Gasteiger partial charge in [-0.2, -0.15) is 0 Å². The van der Waals surface area contributed by atoms with Gasteiger partial charge in [0.1, 0.15) is 11.4 Å². The molecule has 0 bridgehead atoms. The van der Waals surface area contributed by atoms with Gasteiger partial charge in [0.25, 0.3) is 8.32 Å². The zero-order valence-corrected chi connectivity index (χ0v) is 19.5. The predicted octanol–water partition coefficient (Wildman–Crippen LogP) is 5.99. The minimum atomic E-state index is -2.14. The van der Waals surface area contributed by atoms with Crippen molar-refractivity contribution in [1.29, 1.82) is 0 Å². The summed E-state index contributed by atoms with van der Waals surface area (Å²) in [6.45, 7) is 18.0. The van der Waals surface area contributed by atoms with Crippen molar-refractivity contribution in [1.82, 2.24) is 0 Å². The number of carbonyl (C=O) groups is 2. The average molecular weight is 411 g/mol. The Morgan fingerprint density at radius 3 is 2.11 bits per heavy atom. The molecule has 0 saturated carbocycles. The highest BCUT2D eigenvalue weighted by molar-refractivity contribution is 6.74. The lowest BCUT2D eigenvalue weighted by molar-refractivity contribution is 0.0635. The lowest BCUT2D eigenvalue weighted by Crippen LogP contribution is -2.44. The number of benzene rings is 1. The lowest BCUT2D eigenvalue weighted by Gasteiger charge is -2.37. The van der Waals surface area contributed by atoms with Gasteiger partial charge in [0, 0.05) is 5.69 Å². The van der Waals surface area contributed by atoms with Crippen molar-refractivity contribution in [2.75, 3.05) is 17.2 Å². The van der Waals surface area contributed by atoms with E-state index < -0.39 is 26.1 Å². The van der Waals surface area contributed by atoms with Crippen LogP contribution >= 0.6 is 0 Å². The van der Waals surface area contributed by atoms with Gasteiger partial charge in [-0.1, -0.05) is 20.8 Å². The molecule has 0 spiro atoms. The summed E-state index contributed by atoms with van der Waals surface area (Å²) >= 11 is 0. The molecule has 1 aromatic rings. The standard InChI is InChI=1S/C20H34N2O5Si/c1-10-25-17(23)21-14-11-12-16(27-28(8,9)20(5,6)7)15(13-14)22-18(24)26-19(2,3)4/h11-13H,10H2,1-9H3,(H,21,23)(H,22,24). The summed E-state index contributed by atoms with van der Waals surface area (Å²) in [4.78, 5) is 24.0. The topological polar surface area (TPSA) is 85.9 Å². The van der Waals surface area contributed by atoms with Crippen molar-refractivity contribution < 1.29 is 23.5 Å². The third kappa shape index (κ3) is 7.42. The minimum Gasteiger partial charge on any atom is -0.542 e. The first-order valence-electron chi connectivity index (χ1n) is 9.41. The predicted molar refractivity (Wildman–Crippen MR) is 115 cm³/mol. The summed E-state index contributed by atoms with van der Waals surface area (Å²) in [5, 5.41) is 5.34.